The zero-order valence-electron chi connectivity index (χ0n) is 68.9. The number of phosphoric acid groups is 2. The number of unbranched alkanes of at least 4 members (excludes halogenated alkanes) is 57. The van der Waals surface area contributed by atoms with Gasteiger partial charge in [0.25, 0.3) is 0 Å². The third-order valence-electron chi connectivity index (χ3n) is 20.0. The van der Waals surface area contributed by atoms with Crippen molar-refractivity contribution in [3.05, 3.63) is 24.3 Å². The first-order chi connectivity index (χ1) is 51.7. The third kappa shape index (κ3) is 79.6. The smallest absolute Gasteiger partial charge is 0.462 e. The molecule has 0 heterocycles. The Hall–Kier alpha value is -2.46. The molecule has 106 heavy (non-hydrogen) atoms. The highest BCUT2D eigenvalue weighted by Crippen LogP contribution is 2.45. The van der Waals surface area contributed by atoms with Gasteiger partial charge in [-0.2, -0.15) is 0 Å². The Balaban J connectivity index is 5.19. The van der Waals surface area contributed by atoms with Crippen LogP contribution < -0.4 is 0 Å². The maximum absolute atomic E-state index is 13.1. The van der Waals surface area contributed by atoms with Crippen LogP contribution in [0.15, 0.2) is 24.3 Å². The normalized spacial score (nSPS) is 13.8. The largest absolute Gasteiger partial charge is 0.472 e. The molecule has 0 aliphatic heterocycles. The molecule has 17 nitrogen and oxygen atoms in total. The molecular formula is C87H166O17P2. The van der Waals surface area contributed by atoms with Crippen LogP contribution in [-0.4, -0.2) is 96.7 Å². The van der Waals surface area contributed by atoms with Gasteiger partial charge in [0.05, 0.1) is 26.4 Å². The lowest BCUT2D eigenvalue weighted by molar-refractivity contribution is -0.161. The number of ether oxygens (including phenoxy) is 4. The number of phosphoric ester groups is 2. The molecule has 0 aliphatic carbocycles. The van der Waals surface area contributed by atoms with E-state index in [1.807, 2.05) is 0 Å². The summed E-state index contributed by atoms with van der Waals surface area (Å²) in [6.07, 6.45) is 78.9. The molecule has 0 rings (SSSR count). The van der Waals surface area contributed by atoms with Crippen molar-refractivity contribution in [3.63, 3.8) is 0 Å². The number of rotatable bonds is 86. The number of carbonyl (C=O) groups excluding carboxylic acids is 4. The molecule has 3 N–H and O–H groups in total. The molecule has 0 aromatic rings. The average Bonchev–Trinajstić information content (AvgIpc) is 0.907. The van der Waals surface area contributed by atoms with Crippen LogP contribution in [0.1, 0.15) is 451 Å². The molecule has 0 bridgehead atoms. The van der Waals surface area contributed by atoms with Gasteiger partial charge >= 0.3 is 39.5 Å². The highest BCUT2D eigenvalue weighted by molar-refractivity contribution is 7.47. The van der Waals surface area contributed by atoms with Gasteiger partial charge in [0.15, 0.2) is 12.2 Å². The second-order valence-electron chi connectivity index (χ2n) is 30.6. The summed E-state index contributed by atoms with van der Waals surface area (Å²) in [5, 5.41) is 10.7. The van der Waals surface area contributed by atoms with Gasteiger partial charge in [-0.3, -0.25) is 37.3 Å². The van der Waals surface area contributed by atoms with Crippen LogP contribution >= 0.6 is 15.6 Å². The summed E-state index contributed by atoms with van der Waals surface area (Å²) in [6, 6.07) is 0. The SMILES string of the molecule is CCCCCC/C=C\C=C/CCCCCCCC(=O)O[C@H](COC(=O)CCCCCCCCCC)COP(=O)(O)OC[C@H](O)COP(=O)(O)OC[C@@H](COC(=O)CCCCCCCCCCCCCCCCCCCCCCC)OC(=O)CCCCCCCCCCCCCCCCCCCCCCCC. The molecule has 0 saturated carbocycles. The molecule has 0 saturated heterocycles. The second kappa shape index (κ2) is 80.6. The highest BCUT2D eigenvalue weighted by Gasteiger charge is 2.30. The fraction of sp³-hybridized carbons (Fsp3) is 0.908. The fourth-order valence-corrected chi connectivity index (χ4v) is 14.7. The molecule has 0 aromatic heterocycles. The van der Waals surface area contributed by atoms with Crippen LogP contribution in [0.5, 0.6) is 0 Å². The Morgan fingerprint density at radius 2 is 0.453 bits per heavy atom. The van der Waals surface area contributed by atoms with Crippen molar-refractivity contribution in [1.29, 1.82) is 0 Å². The molecule has 0 spiro atoms. The quantitative estimate of drug-likeness (QED) is 0.0169. The number of aliphatic hydroxyl groups excluding tert-OH is 1. The summed E-state index contributed by atoms with van der Waals surface area (Å²) >= 11 is 0. The summed E-state index contributed by atoms with van der Waals surface area (Å²) in [4.78, 5) is 73.1. The summed E-state index contributed by atoms with van der Waals surface area (Å²) in [5.41, 5.74) is 0. The van der Waals surface area contributed by atoms with E-state index in [2.05, 4.69) is 52.0 Å². The zero-order chi connectivity index (χ0) is 77.4. The number of hydrogen-bond acceptors (Lipinski definition) is 15. The van der Waals surface area contributed by atoms with Gasteiger partial charge in [-0.25, -0.2) is 9.13 Å². The summed E-state index contributed by atoms with van der Waals surface area (Å²) in [7, 11) is -9.93. The summed E-state index contributed by atoms with van der Waals surface area (Å²) < 4.78 is 68.8. The van der Waals surface area contributed by atoms with Crippen LogP contribution in [-0.2, 0) is 65.4 Å². The van der Waals surface area contributed by atoms with E-state index in [0.717, 1.165) is 109 Å². The van der Waals surface area contributed by atoms with Gasteiger partial charge in [-0.05, 0) is 51.4 Å². The van der Waals surface area contributed by atoms with Crippen molar-refractivity contribution in [2.45, 2.75) is 470 Å². The Kier molecular flexibility index (Phi) is 78.7. The average molecular weight is 1550 g/mol. The molecule has 0 aliphatic rings. The van der Waals surface area contributed by atoms with Crippen molar-refractivity contribution in [3.8, 4) is 0 Å². The minimum Gasteiger partial charge on any atom is -0.462 e. The predicted molar refractivity (Wildman–Crippen MR) is 437 cm³/mol. The lowest BCUT2D eigenvalue weighted by Gasteiger charge is -2.21. The van der Waals surface area contributed by atoms with E-state index in [1.165, 1.54) is 263 Å². The Bertz CT molecular complexity index is 2090. The van der Waals surface area contributed by atoms with Gasteiger partial charge in [0.2, 0.25) is 0 Å². The van der Waals surface area contributed by atoms with Crippen LogP contribution in [0, 0.1) is 0 Å². The lowest BCUT2D eigenvalue weighted by atomic mass is 10.0. The van der Waals surface area contributed by atoms with E-state index < -0.39 is 97.5 Å². The molecule has 0 radical (unpaired) electrons. The van der Waals surface area contributed by atoms with Crippen molar-refractivity contribution in [2.75, 3.05) is 39.6 Å². The maximum atomic E-state index is 13.1. The van der Waals surface area contributed by atoms with E-state index in [1.54, 1.807) is 0 Å². The van der Waals surface area contributed by atoms with Crippen LogP contribution in [0.3, 0.4) is 0 Å². The molecule has 0 amide bonds. The van der Waals surface area contributed by atoms with Gasteiger partial charge in [0.1, 0.15) is 19.3 Å². The van der Waals surface area contributed by atoms with Crippen molar-refractivity contribution < 1.29 is 80.2 Å². The number of allylic oxidation sites excluding steroid dienone is 4. The van der Waals surface area contributed by atoms with Crippen LogP contribution in [0.4, 0.5) is 0 Å². The Morgan fingerprint density at radius 1 is 0.264 bits per heavy atom. The first-order valence-corrected chi connectivity index (χ1v) is 47.6. The topological polar surface area (TPSA) is 237 Å². The monoisotopic (exact) mass is 1550 g/mol. The highest BCUT2D eigenvalue weighted by atomic mass is 31.2. The van der Waals surface area contributed by atoms with Crippen LogP contribution in [0.25, 0.3) is 0 Å². The Morgan fingerprint density at radius 3 is 0.689 bits per heavy atom. The van der Waals surface area contributed by atoms with E-state index in [4.69, 9.17) is 37.0 Å². The minimum atomic E-state index is -4.97. The number of carbonyl (C=O) groups is 4. The first-order valence-electron chi connectivity index (χ1n) is 44.6. The molecule has 0 aromatic carbocycles. The first kappa shape index (κ1) is 104. The second-order valence-corrected chi connectivity index (χ2v) is 33.5. The van der Waals surface area contributed by atoms with Crippen molar-refractivity contribution in [2.24, 2.45) is 0 Å². The fourth-order valence-electron chi connectivity index (χ4n) is 13.2. The number of esters is 4. The van der Waals surface area contributed by atoms with Gasteiger partial charge in [0, 0.05) is 25.7 Å². The zero-order valence-corrected chi connectivity index (χ0v) is 70.7. The third-order valence-corrected chi connectivity index (χ3v) is 21.9. The molecule has 2 unspecified atom stereocenters. The minimum absolute atomic E-state index is 0.0856. The summed E-state index contributed by atoms with van der Waals surface area (Å²) in [5.74, 6) is -2.13. The van der Waals surface area contributed by atoms with E-state index in [0.29, 0.717) is 25.7 Å². The van der Waals surface area contributed by atoms with Gasteiger partial charge in [-0.1, -0.05) is 399 Å². The van der Waals surface area contributed by atoms with E-state index in [9.17, 15) is 43.2 Å². The van der Waals surface area contributed by atoms with Gasteiger partial charge in [-0.15, -0.1) is 0 Å². The van der Waals surface area contributed by atoms with Crippen molar-refractivity contribution in [1.82, 2.24) is 0 Å². The van der Waals surface area contributed by atoms with E-state index >= 15 is 0 Å². The predicted octanol–water partition coefficient (Wildman–Crippen LogP) is 26.5. The number of hydrogen-bond donors (Lipinski definition) is 3. The molecule has 5 atom stereocenters. The maximum Gasteiger partial charge on any atom is 0.472 e. The standard InChI is InChI=1S/C87H166O17P2/c1-5-9-13-17-21-25-28-31-34-36-38-40-42-44-46-49-52-55-58-62-66-70-74-87(92)104-83(78-98-85(90)72-68-64-60-56-53-50-48-45-43-41-39-37-35-32-29-26-22-18-14-10-6-2)80-102-106(95,96)100-76-81(88)75-99-105(93,94)101-79-82(77-97-84(89)71-67-63-59-24-20-16-12-8-4)103-86(91)73-69-65-61-57-54-51-47-33-30-27-23-19-15-11-7-3/h27,30,33,47,81-83,88H,5-26,28-29,31-32,34-46,48-80H2,1-4H3,(H,93,94)(H,95,96)/b30-27-,47-33-/t81-,82+,83+/m0/s1. The summed E-state index contributed by atoms with van der Waals surface area (Å²) in [6.45, 7) is 4.95. The number of aliphatic hydroxyl groups is 1. The van der Waals surface area contributed by atoms with Crippen molar-refractivity contribution >= 4 is 39.5 Å². The molecular weight excluding hydrogens is 1380 g/mol. The van der Waals surface area contributed by atoms with E-state index in [-0.39, 0.29) is 25.7 Å². The Labute approximate surface area is 650 Å². The van der Waals surface area contributed by atoms with Gasteiger partial charge < -0.3 is 33.8 Å². The lowest BCUT2D eigenvalue weighted by Crippen LogP contribution is -2.30. The van der Waals surface area contributed by atoms with Crippen LogP contribution in [0.2, 0.25) is 0 Å². The molecule has 19 heteroatoms. The molecule has 626 valence electrons. The molecule has 0 fully saturated rings.